The fourth-order valence-corrected chi connectivity index (χ4v) is 15.7. The van der Waals surface area contributed by atoms with Crippen molar-refractivity contribution in [2.45, 2.75) is 483 Å². The minimum Gasteiger partial charge on any atom is -0.778 e. The molecular formula is C87H170N2Na2O15P2. The summed E-state index contributed by atoms with van der Waals surface area (Å²) >= 11 is 0. The molecule has 630 valence electrons. The summed E-state index contributed by atoms with van der Waals surface area (Å²) in [6.45, 7) is 13.7. The fourth-order valence-electron chi connectivity index (χ4n) is 13.7. The van der Waals surface area contributed by atoms with E-state index >= 15 is 0 Å². The molecule has 0 rings (SSSR count). The molecule has 21 heteroatoms. The Morgan fingerprint density at radius 2 is 0.556 bits per heavy atom. The third-order valence-corrected chi connectivity index (χ3v) is 23.0. The van der Waals surface area contributed by atoms with Crippen LogP contribution < -0.4 is 79.5 Å². The normalized spacial score (nSPS) is 13.7. The van der Waals surface area contributed by atoms with Crippen molar-refractivity contribution >= 4 is 39.2 Å². The zero-order valence-corrected chi connectivity index (χ0v) is 77.7. The van der Waals surface area contributed by atoms with Crippen molar-refractivity contribution < 1.29 is 130 Å². The number of ether oxygens (including phenoxy) is 4. The van der Waals surface area contributed by atoms with Crippen molar-refractivity contribution in [3.05, 3.63) is 0 Å². The summed E-state index contributed by atoms with van der Waals surface area (Å²) in [6, 6.07) is -1.27. The van der Waals surface area contributed by atoms with Crippen molar-refractivity contribution in [2.75, 3.05) is 52.4 Å². The van der Waals surface area contributed by atoms with E-state index in [0.29, 0.717) is 64.4 Å². The van der Waals surface area contributed by atoms with E-state index in [2.05, 4.69) is 52.2 Å². The Kier molecular flexibility index (Phi) is 89.8. The van der Waals surface area contributed by atoms with Crippen LogP contribution in [0.5, 0.6) is 0 Å². The first-order chi connectivity index (χ1) is 51.6. The van der Waals surface area contributed by atoms with Gasteiger partial charge in [0.25, 0.3) is 7.82 Å². The predicted octanol–water partition coefficient (Wildman–Crippen LogP) is 18.4. The molecule has 0 aliphatic rings. The number of hydrogen-bond acceptors (Lipinski definition) is 15. The molecule has 17 nitrogen and oxygen atoms in total. The van der Waals surface area contributed by atoms with Crippen LogP contribution >= 0.6 is 15.4 Å². The molecule has 0 aromatic rings. The maximum Gasteiger partial charge on any atom is 1.00 e. The van der Waals surface area contributed by atoms with Crippen LogP contribution in [-0.4, -0.2) is 100 Å². The number of carbonyl (C=O) groups excluding carboxylic acids is 4. The van der Waals surface area contributed by atoms with Gasteiger partial charge in [-0.15, -0.1) is 0 Å². The average Bonchev–Trinajstić information content (AvgIpc) is 0.927. The summed E-state index contributed by atoms with van der Waals surface area (Å²) in [7, 11) is -8.97. The van der Waals surface area contributed by atoms with Crippen molar-refractivity contribution in [1.29, 1.82) is 0 Å². The monoisotopic (exact) mass is 1590 g/mol. The molecule has 108 heavy (non-hydrogen) atoms. The van der Waals surface area contributed by atoms with Crippen LogP contribution in [0.3, 0.4) is 0 Å². The van der Waals surface area contributed by atoms with Crippen LogP contribution in [0.2, 0.25) is 0 Å². The molecule has 0 aromatic heterocycles. The molecule has 0 saturated carbocycles. The summed E-state index contributed by atoms with van der Waals surface area (Å²) in [5.74, 6) is -0.614. The van der Waals surface area contributed by atoms with Gasteiger partial charge in [-0.3, -0.25) is 23.7 Å². The molecule has 0 heterocycles. The third-order valence-electron chi connectivity index (χ3n) is 20.6. The summed E-state index contributed by atoms with van der Waals surface area (Å²) in [5, 5.41) is 6.05. The van der Waals surface area contributed by atoms with E-state index in [4.69, 9.17) is 32.5 Å². The van der Waals surface area contributed by atoms with Gasteiger partial charge in [-0.05, 0) is 70.6 Å². The van der Waals surface area contributed by atoms with Gasteiger partial charge in [0.15, 0.2) is 0 Å². The zero-order chi connectivity index (χ0) is 77.6. The van der Waals surface area contributed by atoms with E-state index in [1.165, 1.54) is 186 Å². The molecule has 0 radical (unpaired) electrons. The molecule has 6 atom stereocenters. The van der Waals surface area contributed by atoms with E-state index < -0.39 is 27.5 Å². The van der Waals surface area contributed by atoms with Gasteiger partial charge in [0.05, 0.1) is 58.3 Å². The first kappa shape index (κ1) is 112. The first-order valence-electron chi connectivity index (χ1n) is 45.3. The molecule has 0 aromatic carbocycles. The maximum atomic E-state index is 13.3. The number of phosphoric acid groups is 1. The van der Waals surface area contributed by atoms with E-state index in [0.717, 1.165) is 167 Å². The SMILES string of the molecule is CCCCCCCCCCCCCC(=O)NC(CCP(=O)([O-])OCCCCCCCCOP(=O)([O-])OCC(COCC[C@@H](CCCCCCC)OC(=O)CCCCCCCCCCC)NC(=O)CCCCCCCCCCCCC)COCC[C@@H](CCCCCCC)OC(=O)CCCCCCCCCCC.[Na+].[Na+]. The maximum absolute atomic E-state index is 13.3. The van der Waals surface area contributed by atoms with Crippen molar-refractivity contribution in [3.63, 3.8) is 0 Å². The molecule has 2 amide bonds. The number of esters is 2. The molecule has 0 aliphatic heterocycles. The van der Waals surface area contributed by atoms with Crippen LogP contribution in [0.15, 0.2) is 0 Å². The van der Waals surface area contributed by atoms with E-state index in [1.807, 2.05) is 0 Å². The van der Waals surface area contributed by atoms with Crippen molar-refractivity contribution in [2.24, 2.45) is 0 Å². The topological polar surface area (TPSA) is 237 Å². The number of carbonyl (C=O) groups is 4. The van der Waals surface area contributed by atoms with Gasteiger partial charge in [0.2, 0.25) is 11.8 Å². The summed E-state index contributed by atoms with van der Waals surface area (Å²) in [6.07, 6.45) is 65.6. The van der Waals surface area contributed by atoms with Gasteiger partial charge in [-0.2, -0.15) is 0 Å². The Labute approximate surface area is 709 Å². The van der Waals surface area contributed by atoms with Gasteiger partial charge in [-0.25, -0.2) is 0 Å². The largest absolute Gasteiger partial charge is 1.00 e. The minimum atomic E-state index is -4.73. The average molecular weight is 1590 g/mol. The molecule has 0 bridgehead atoms. The Hall–Kier alpha value is 0.0600. The standard InChI is InChI=1S/C87H172N2O15P2.2Na/c1-7-13-19-25-29-33-35-39-41-49-57-65-84(90)88-80(77-98-74-69-82(63-55-47-23-17-11-5)103-86(92)67-59-51-43-37-31-27-21-15-9-3)71-76-105(94,95)100-72-61-53-45-46-54-62-73-101-106(96,97)102-79-81(89-85(91)66-58-50-42-40-36-34-30-26-20-14-8-2)78-99-75-70-83(64-56-48-24-18-12-6)104-87(93)68-60-52-44-38-32-28-22-16-10-4;;/h80-83H,7-79H2,1-6H3,(H,88,90)(H,89,91)(H,94,95)(H,96,97);;/q;2*+1/p-2/t80?,81?,82-,83-;;/m1../s1. The van der Waals surface area contributed by atoms with Crippen LogP contribution in [-0.2, 0) is 60.8 Å². The van der Waals surface area contributed by atoms with Crippen molar-refractivity contribution in [3.8, 4) is 0 Å². The van der Waals surface area contributed by atoms with Gasteiger partial charge in [0, 0.05) is 44.7 Å². The van der Waals surface area contributed by atoms with E-state index in [9.17, 15) is 38.1 Å². The molecule has 2 N–H and O–H groups in total. The number of amides is 2. The Morgan fingerprint density at radius 1 is 0.287 bits per heavy atom. The van der Waals surface area contributed by atoms with Crippen LogP contribution in [0.25, 0.3) is 0 Å². The second kappa shape index (κ2) is 86.4. The van der Waals surface area contributed by atoms with Crippen LogP contribution in [0.4, 0.5) is 0 Å². The molecule has 0 saturated heterocycles. The Morgan fingerprint density at radius 3 is 0.889 bits per heavy atom. The number of hydrogen-bond donors (Lipinski definition) is 2. The van der Waals surface area contributed by atoms with Crippen molar-refractivity contribution in [1.82, 2.24) is 10.6 Å². The smallest absolute Gasteiger partial charge is 0.778 e. The summed E-state index contributed by atoms with van der Waals surface area (Å²) < 4.78 is 67.0. The molecule has 0 fully saturated rings. The first-order valence-corrected chi connectivity index (χ1v) is 48.5. The Bertz CT molecular complexity index is 1900. The number of nitrogens with one attached hydrogen (secondary N) is 2. The Balaban J connectivity index is -0.0000551. The second-order valence-electron chi connectivity index (χ2n) is 31.3. The molecule has 0 spiro atoms. The van der Waals surface area contributed by atoms with E-state index in [-0.39, 0.29) is 147 Å². The van der Waals surface area contributed by atoms with Gasteiger partial charge in [0.1, 0.15) is 19.8 Å². The van der Waals surface area contributed by atoms with Crippen LogP contribution in [0.1, 0.15) is 459 Å². The van der Waals surface area contributed by atoms with Crippen LogP contribution in [0, 0.1) is 0 Å². The zero-order valence-electron chi connectivity index (χ0n) is 71.9. The molecular weight excluding hydrogens is 1420 g/mol. The summed E-state index contributed by atoms with van der Waals surface area (Å²) in [5.41, 5.74) is 0. The molecule has 4 unspecified atom stereocenters. The molecule has 0 aliphatic carbocycles. The van der Waals surface area contributed by atoms with E-state index in [1.54, 1.807) is 0 Å². The number of unbranched alkanes of at least 4 members (excludes halogenated alkanes) is 49. The quantitative estimate of drug-likeness (QED) is 0.0249. The predicted molar refractivity (Wildman–Crippen MR) is 437 cm³/mol. The fraction of sp³-hybridized carbons (Fsp3) is 0.954. The third kappa shape index (κ3) is 82.6. The number of rotatable bonds is 87. The van der Waals surface area contributed by atoms with Gasteiger partial charge < -0.3 is 57.5 Å². The number of phosphoric ester groups is 1. The van der Waals surface area contributed by atoms with Gasteiger partial charge >= 0.3 is 71.1 Å². The second-order valence-corrected chi connectivity index (χ2v) is 34.6. The summed E-state index contributed by atoms with van der Waals surface area (Å²) in [4.78, 5) is 79.1. The minimum absolute atomic E-state index is 0. The van der Waals surface area contributed by atoms with Gasteiger partial charge in [-0.1, -0.05) is 350 Å².